The molecule has 5 heteroatoms. The van der Waals surface area contributed by atoms with Gasteiger partial charge in [0.25, 0.3) is 5.56 Å². The number of hydrogen-bond donors (Lipinski definition) is 1. The number of para-hydroxylation sites is 1. The quantitative estimate of drug-likeness (QED) is 0.770. The number of fused-ring (bicyclic) bond motifs is 1. The summed E-state index contributed by atoms with van der Waals surface area (Å²) in [5.41, 5.74) is 7.29. The number of aryl methyl sites for hydroxylation is 2. The van der Waals surface area contributed by atoms with Gasteiger partial charge in [0.15, 0.2) is 0 Å². The van der Waals surface area contributed by atoms with Crippen LogP contribution in [0.3, 0.4) is 0 Å². The summed E-state index contributed by atoms with van der Waals surface area (Å²) in [4.78, 5) is 11.7. The molecule has 2 heterocycles. The lowest BCUT2D eigenvalue weighted by atomic mass is 10.2. The minimum absolute atomic E-state index is 0.0503. The highest BCUT2D eigenvalue weighted by Gasteiger charge is 2.02. The molecule has 0 aliphatic rings. The van der Waals surface area contributed by atoms with Crippen molar-refractivity contribution in [3.05, 3.63) is 59.1 Å². The number of nitrogen functional groups attached to an aromatic ring is 1. The summed E-state index contributed by atoms with van der Waals surface area (Å²) in [6, 6.07) is 11.1. The molecule has 19 heavy (non-hydrogen) atoms. The molecule has 0 saturated heterocycles. The molecule has 2 N–H and O–H groups in total. The fourth-order valence-electron chi connectivity index (χ4n) is 2.13. The van der Waals surface area contributed by atoms with Gasteiger partial charge in [-0.05, 0) is 12.1 Å². The normalized spacial score (nSPS) is 10.9. The standard InChI is InChI=1S/C14H14N4O/c15-12-5-6-14(19)17(10-12)7-8-18-13-4-2-1-3-11(13)9-16-18/h1-6,9-10H,7-8,15H2. The molecule has 0 bridgehead atoms. The van der Waals surface area contributed by atoms with E-state index in [1.807, 2.05) is 35.1 Å². The molecule has 0 aliphatic heterocycles. The molecule has 0 aliphatic carbocycles. The Hall–Kier alpha value is -2.56. The van der Waals surface area contributed by atoms with Crippen LogP contribution in [0.5, 0.6) is 0 Å². The Morgan fingerprint density at radius 2 is 1.95 bits per heavy atom. The van der Waals surface area contributed by atoms with Crippen LogP contribution in [0, 0.1) is 0 Å². The Bertz CT molecular complexity index is 772. The van der Waals surface area contributed by atoms with E-state index in [9.17, 15) is 4.79 Å². The predicted molar refractivity (Wildman–Crippen MR) is 74.8 cm³/mol. The van der Waals surface area contributed by atoms with Crippen LogP contribution in [-0.2, 0) is 13.1 Å². The molecule has 96 valence electrons. The Labute approximate surface area is 109 Å². The van der Waals surface area contributed by atoms with Crippen LogP contribution >= 0.6 is 0 Å². The van der Waals surface area contributed by atoms with Gasteiger partial charge < -0.3 is 10.3 Å². The summed E-state index contributed by atoms with van der Waals surface area (Å²) in [5.74, 6) is 0. The van der Waals surface area contributed by atoms with E-state index in [-0.39, 0.29) is 5.56 Å². The fraction of sp³-hybridized carbons (Fsp3) is 0.143. The van der Waals surface area contributed by atoms with Gasteiger partial charge in [0, 0.05) is 29.9 Å². The molecule has 0 atom stereocenters. The molecule has 0 radical (unpaired) electrons. The number of pyridine rings is 1. The molecule has 0 saturated carbocycles. The lowest BCUT2D eigenvalue weighted by Crippen LogP contribution is -2.21. The molecule has 5 nitrogen and oxygen atoms in total. The van der Waals surface area contributed by atoms with Gasteiger partial charge in [-0.2, -0.15) is 5.10 Å². The van der Waals surface area contributed by atoms with Crippen molar-refractivity contribution in [1.82, 2.24) is 14.3 Å². The summed E-state index contributed by atoms with van der Waals surface area (Å²) in [7, 11) is 0. The van der Waals surface area contributed by atoms with Crippen LogP contribution in [0.25, 0.3) is 10.9 Å². The summed E-state index contributed by atoms with van der Waals surface area (Å²) in [6.07, 6.45) is 3.49. The van der Waals surface area contributed by atoms with Gasteiger partial charge in [0.05, 0.1) is 18.3 Å². The zero-order valence-electron chi connectivity index (χ0n) is 10.4. The van der Waals surface area contributed by atoms with E-state index in [2.05, 4.69) is 5.10 Å². The lowest BCUT2D eigenvalue weighted by molar-refractivity contribution is 0.536. The van der Waals surface area contributed by atoms with Crippen LogP contribution in [0.15, 0.2) is 53.6 Å². The van der Waals surface area contributed by atoms with Crippen LogP contribution in [0.2, 0.25) is 0 Å². The highest BCUT2D eigenvalue weighted by Crippen LogP contribution is 2.12. The molecule has 3 aromatic rings. The van der Waals surface area contributed by atoms with E-state index in [4.69, 9.17) is 5.73 Å². The molecule has 2 aromatic heterocycles. The third-order valence-corrected chi connectivity index (χ3v) is 3.11. The molecule has 0 spiro atoms. The first-order valence-electron chi connectivity index (χ1n) is 6.10. The van der Waals surface area contributed by atoms with Crippen molar-refractivity contribution in [3.63, 3.8) is 0 Å². The molecule has 0 unspecified atom stereocenters. The Morgan fingerprint density at radius 3 is 2.84 bits per heavy atom. The Kier molecular flexibility index (Phi) is 2.79. The van der Waals surface area contributed by atoms with Crippen molar-refractivity contribution < 1.29 is 0 Å². The van der Waals surface area contributed by atoms with Crippen LogP contribution < -0.4 is 11.3 Å². The molecule has 3 rings (SSSR count). The van der Waals surface area contributed by atoms with E-state index in [0.717, 1.165) is 10.9 Å². The largest absolute Gasteiger partial charge is 0.398 e. The van der Waals surface area contributed by atoms with E-state index < -0.39 is 0 Å². The van der Waals surface area contributed by atoms with E-state index in [1.54, 1.807) is 16.8 Å². The smallest absolute Gasteiger partial charge is 0.250 e. The first-order valence-corrected chi connectivity index (χ1v) is 6.10. The highest BCUT2D eigenvalue weighted by atomic mass is 16.1. The number of rotatable bonds is 3. The SMILES string of the molecule is Nc1ccc(=O)n(CCn2ncc3ccccc32)c1. The van der Waals surface area contributed by atoms with Crippen LogP contribution in [0.1, 0.15) is 0 Å². The third-order valence-electron chi connectivity index (χ3n) is 3.11. The van der Waals surface area contributed by atoms with Gasteiger partial charge in [-0.25, -0.2) is 0 Å². The summed E-state index contributed by atoms with van der Waals surface area (Å²) < 4.78 is 3.50. The van der Waals surface area contributed by atoms with Crippen molar-refractivity contribution in [3.8, 4) is 0 Å². The van der Waals surface area contributed by atoms with E-state index >= 15 is 0 Å². The fourth-order valence-corrected chi connectivity index (χ4v) is 2.13. The third kappa shape index (κ3) is 2.22. The number of benzene rings is 1. The molecule has 0 fully saturated rings. The first kappa shape index (κ1) is 11.5. The van der Waals surface area contributed by atoms with Gasteiger partial charge in [0.2, 0.25) is 0 Å². The summed E-state index contributed by atoms with van der Waals surface area (Å²) in [5, 5.41) is 5.43. The number of hydrogen-bond acceptors (Lipinski definition) is 3. The van der Waals surface area contributed by atoms with Crippen LogP contribution in [-0.4, -0.2) is 14.3 Å². The van der Waals surface area contributed by atoms with Crippen molar-refractivity contribution in [2.75, 3.05) is 5.73 Å². The Morgan fingerprint density at radius 1 is 1.11 bits per heavy atom. The number of nitrogens with two attached hydrogens (primary N) is 1. The van der Waals surface area contributed by atoms with E-state index in [1.165, 1.54) is 6.07 Å². The van der Waals surface area contributed by atoms with Gasteiger partial charge in [-0.3, -0.25) is 9.48 Å². The number of nitrogens with zero attached hydrogens (tertiary/aromatic N) is 3. The van der Waals surface area contributed by atoms with Crippen molar-refractivity contribution in [2.24, 2.45) is 0 Å². The molecular formula is C14H14N4O. The molecule has 0 amide bonds. The molecular weight excluding hydrogens is 240 g/mol. The maximum atomic E-state index is 11.7. The van der Waals surface area contributed by atoms with E-state index in [0.29, 0.717) is 18.8 Å². The second-order valence-electron chi connectivity index (χ2n) is 4.42. The maximum absolute atomic E-state index is 11.7. The van der Waals surface area contributed by atoms with Gasteiger partial charge in [-0.1, -0.05) is 18.2 Å². The average Bonchev–Trinajstić information content (AvgIpc) is 2.83. The minimum atomic E-state index is -0.0503. The number of anilines is 1. The van der Waals surface area contributed by atoms with Crippen LogP contribution in [0.4, 0.5) is 5.69 Å². The van der Waals surface area contributed by atoms with Crippen molar-refractivity contribution in [1.29, 1.82) is 0 Å². The van der Waals surface area contributed by atoms with Gasteiger partial charge >= 0.3 is 0 Å². The zero-order valence-corrected chi connectivity index (χ0v) is 10.4. The predicted octanol–water partition coefficient (Wildman–Crippen LogP) is 1.48. The molecule has 1 aromatic carbocycles. The highest BCUT2D eigenvalue weighted by molar-refractivity contribution is 5.78. The zero-order chi connectivity index (χ0) is 13.2. The first-order chi connectivity index (χ1) is 9.24. The van der Waals surface area contributed by atoms with Gasteiger partial charge in [-0.15, -0.1) is 0 Å². The average molecular weight is 254 g/mol. The van der Waals surface area contributed by atoms with Crippen molar-refractivity contribution >= 4 is 16.6 Å². The minimum Gasteiger partial charge on any atom is -0.398 e. The maximum Gasteiger partial charge on any atom is 0.250 e. The van der Waals surface area contributed by atoms with Gasteiger partial charge in [0.1, 0.15) is 0 Å². The monoisotopic (exact) mass is 254 g/mol. The lowest BCUT2D eigenvalue weighted by Gasteiger charge is -2.07. The second-order valence-corrected chi connectivity index (χ2v) is 4.42. The number of aromatic nitrogens is 3. The topological polar surface area (TPSA) is 65.8 Å². The Balaban J connectivity index is 1.86. The second kappa shape index (κ2) is 4.61. The summed E-state index contributed by atoms with van der Waals surface area (Å²) in [6.45, 7) is 1.19. The summed E-state index contributed by atoms with van der Waals surface area (Å²) >= 11 is 0. The van der Waals surface area contributed by atoms with Crippen molar-refractivity contribution in [2.45, 2.75) is 13.1 Å².